The second-order valence-electron chi connectivity index (χ2n) is 5.28. The summed E-state index contributed by atoms with van der Waals surface area (Å²) >= 11 is 0. The Balaban J connectivity index is 1.84. The smallest absolute Gasteiger partial charge is 0.00257 e. The van der Waals surface area contributed by atoms with E-state index in [-0.39, 0.29) is 0 Å². The van der Waals surface area contributed by atoms with Crippen molar-refractivity contribution in [1.29, 1.82) is 0 Å². The summed E-state index contributed by atoms with van der Waals surface area (Å²) in [6.07, 6.45) is 3.58. The third-order valence-electron chi connectivity index (χ3n) is 3.66. The van der Waals surface area contributed by atoms with Gasteiger partial charge in [-0.3, -0.25) is 0 Å². The summed E-state index contributed by atoms with van der Waals surface area (Å²) in [7, 11) is 0. The Labute approximate surface area is 103 Å². The van der Waals surface area contributed by atoms with Gasteiger partial charge in [0.25, 0.3) is 0 Å². The predicted octanol–water partition coefficient (Wildman–Crippen LogP) is 4.01. The summed E-state index contributed by atoms with van der Waals surface area (Å²) < 4.78 is 0. The van der Waals surface area contributed by atoms with Crippen molar-refractivity contribution in [2.24, 2.45) is 5.92 Å². The lowest BCUT2D eigenvalue weighted by Gasteiger charge is -2.05. The van der Waals surface area contributed by atoms with Gasteiger partial charge < -0.3 is 0 Å². The maximum atomic E-state index is 2.41. The largest absolute Gasteiger partial charge is 0.0622 e. The average Bonchev–Trinajstić information content (AvgIpc) is 2.70. The highest BCUT2D eigenvalue weighted by Crippen LogP contribution is 2.27. The minimum Gasteiger partial charge on any atom is -0.0622 e. The Morgan fingerprint density at radius 1 is 0.882 bits per heavy atom. The van der Waals surface area contributed by atoms with Gasteiger partial charge in [-0.05, 0) is 47.4 Å². The molecule has 2 aromatic rings. The van der Waals surface area contributed by atoms with Crippen LogP contribution in [0.2, 0.25) is 0 Å². The van der Waals surface area contributed by atoms with Crippen LogP contribution in [0.4, 0.5) is 0 Å². The van der Waals surface area contributed by atoms with E-state index >= 15 is 0 Å². The van der Waals surface area contributed by atoms with Crippen molar-refractivity contribution >= 4 is 0 Å². The molecule has 0 aromatic heterocycles. The molecule has 1 aliphatic carbocycles. The Morgan fingerprint density at radius 3 is 2.47 bits per heavy atom. The van der Waals surface area contributed by atoms with Crippen LogP contribution in [0.25, 0.3) is 0 Å². The molecule has 0 N–H and O–H groups in total. The lowest BCUT2D eigenvalue weighted by molar-refractivity contribution is 0.627. The molecule has 2 aromatic carbocycles. The molecule has 0 radical (unpaired) electrons. The lowest BCUT2D eigenvalue weighted by Crippen LogP contribution is -1.91. The highest BCUT2D eigenvalue weighted by molar-refractivity contribution is 5.38. The first-order chi connectivity index (χ1) is 8.31. The molecule has 0 aliphatic heterocycles. The van der Waals surface area contributed by atoms with Gasteiger partial charge in [-0.15, -0.1) is 0 Å². The van der Waals surface area contributed by atoms with Crippen molar-refractivity contribution in [2.45, 2.75) is 26.2 Å². The van der Waals surface area contributed by atoms with Crippen LogP contribution in [0.3, 0.4) is 0 Å². The average molecular weight is 222 g/mol. The molecule has 0 nitrogen and oxygen atoms in total. The monoisotopic (exact) mass is 222 g/mol. The van der Waals surface area contributed by atoms with E-state index in [1.807, 2.05) is 0 Å². The van der Waals surface area contributed by atoms with Crippen LogP contribution in [0.1, 0.15) is 29.2 Å². The summed E-state index contributed by atoms with van der Waals surface area (Å²) in [6, 6.07) is 17.8. The number of hydrogen-bond donors (Lipinski definition) is 0. The van der Waals surface area contributed by atoms with Crippen molar-refractivity contribution in [1.82, 2.24) is 0 Å². The van der Waals surface area contributed by atoms with E-state index in [2.05, 4.69) is 55.5 Å². The first-order valence-electron chi connectivity index (χ1n) is 6.46. The highest BCUT2D eigenvalue weighted by atomic mass is 14.2. The van der Waals surface area contributed by atoms with Crippen molar-refractivity contribution < 1.29 is 0 Å². The van der Waals surface area contributed by atoms with Gasteiger partial charge in [0.15, 0.2) is 0 Å². The number of fused-ring (bicyclic) bond motifs is 1. The minimum atomic E-state index is 0.831. The maximum Gasteiger partial charge on any atom is -0.00257 e. The van der Waals surface area contributed by atoms with E-state index in [0.717, 1.165) is 12.3 Å². The van der Waals surface area contributed by atoms with Crippen LogP contribution >= 0.6 is 0 Å². The molecule has 3 rings (SSSR count). The van der Waals surface area contributed by atoms with Gasteiger partial charge in [-0.1, -0.05) is 55.5 Å². The molecule has 0 heterocycles. The molecule has 0 amide bonds. The van der Waals surface area contributed by atoms with Gasteiger partial charge >= 0.3 is 0 Å². The van der Waals surface area contributed by atoms with E-state index < -0.39 is 0 Å². The zero-order valence-corrected chi connectivity index (χ0v) is 10.3. The number of rotatable bonds is 2. The van der Waals surface area contributed by atoms with Crippen molar-refractivity contribution in [2.75, 3.05) is 0 Å². The van der Waals surface area contributed by atoms with Gasteiger partial charge in [0.2, 0.25) is 0 Å². The van der Waals surface area contributed by atoms with Gasteiger partial charge in [0, 0.05) is 0 Å². The zero-order chi connectivity index (χ0) is 11.7. The van der Waals surface area contributed by atoms with Crippen molar-refractivity contribution in [3.63, 3.8) is 0 Å². The summed E-state index contributed by atoms with van der Waals surface area (Å²) in [6.45, 7) is 2.34. The number of benzene rings is 2. The second kappa shape index (κ2) is 4.37. The molecule has 86 valence electrons. The lowest BCUT2D eigenvalue weighted by atomic mass is 10.0. The molecule has 17 heavy (non-hydrogen) atoms. The summed E-state index contributed by atoms with van der Waals surface area (Å²) in [5, 5.41) is 0. The SMILES string of the molecule is CC1Cc2ccc(Cc3ccccc3)cc2C1. The molecule has 0 bridgehead atoms. The number of hydrogen-bond acceptors (Lipinski definition) is 0. The molecule has 1 unspecified atom stereocenters. The first kappa shape index (κ1) is 10.6. The van der Waals surface area contributed by atoms with Crippen LogP contribution in [0, 0.1) is 5.92 Å². The molecule has 0 spiro atoms. The molecule has 0 saturated carbocycles. The van der Waals surface area contributed by atoms with Gasteiger partial charge in [0.1, 0.15) is 0 Å². The van der Waals surface area contributed by atoms with Crippen molar-refractivity contribution in [3.8, 4) is 0 Å². The fourth-order valence-electron chi connectivity index (χ4n) is 2.83. The van der Waals surface area contributed by atoms with E-state index in [4.69, 9.17) is 0 Å². The molecular formula is C17H18. The summed E-state index contributed by atoms with van der Waals surface area (Å²) in [5.41, 5.74) is 5.99. The first-order valence-corrected chi connectivity index (χ1v) is 6.46. The van der Waals surface area contributed by atoms with E-state index in [1.54, 1.807) is 11.1 Å². The summed E-state index contributed by atoms with van der Waals surface area (Å²) in [4.78, 5) is 0. The third kappa shape index (κ3) is 2.26. The van der Waals surface area contributed by atoms with Crippen LogP contribution in [-0.4, -0.2) is 0 Å². The maximum absolute atomic E-state index is 2.41. The molecule has 1 atom stereocenters. The second-order valence-corrected chi connectivity index (χ2v) is 5.28. The van der Waals surface area contributed by atoms with E-state index in [9.17, 15) is 0 Å². The Hall–Kier alpha value is -1.56. The Kier molecular flexibility index (Phi) is 2.72. The fourth-order valence-corrected chi connectivity index (χ4v) is 2.83. The van der Waals surface area contributed by atoms with E-state index in [1.165, 1.54) is 24.0 Å². The van der Waals surface area contributed by atoms with Gasteiger partial charge in [-0.25, -0.2) is 0 Å². The van der Waals surface area contributed by atoms with Crippen LogP contribution in [0.15, 0.2) is 48.5 Å². The normalized spacial score (nSPS) is 18.1. The fraction of sp³-hybridized carbons (Fsp3) is 0.294. The quantitative estimate of drug-likeness (QED) is 0.720. The molecule has 0 saturated heterocycles. The molecular weight excluding hydrogens is 204 g/mol. The Bertz CT molecular complexity index is 511. The highest BCUT2D eigenvalue weighted by Gasteiger charge is 2.17. The van der Waals surface area contributed by atoms with Crippen molar-refractivity contribution in [3.05, 3.63) is 70.8 Å². The predicted molar refractivity (Wildman–Crippen MR) is 72.3 cm³/mol. The molecule has 0 fully saturated rings. The van der Waals surface area contributed by atoms with Crippen LogP contribution in [-0.2, 0) is 19.3 Å². The minimum absolute atomic E-state index is 0.831. The van der Waals surface area contributed by atoms with Gasteiger partial charge in [0.05, 0.1) is 0 Å². The zero-order valence-electron chi connectivity index (χ0n) is 10.3. The Morgan fingerprint density at radius 2 is 1.65 bits per heavy atom. The topological polar surface area (TPSA) is 0 Å². The van der Waals surface area contributed by atoms with Crippen LogP contribution < -0.4 is 0 Å². The molecule has 0 heteroatoms. The van der Waals surface area contributed by atoms with E-state index in [0.29, 0.717) is 0 Å². The summed E-state index contributed by atoms with van der Waals surface area (Å²) in [5.74, 6) is 0.831. The standard InChI is InChI=1S/C17H18/c1-13-9-16-8-7-15(12-17(16)10-13)11-14-5-3-2-4-6-14/h2-8,12-13H,9-11H2,1H3. The van der Waals surface area contributed by atoms with Gasteiger partial charge in [-0.2, -0.15) is 0 Å². The third-order valence-corrected chi connectivity index (χ3v) is 3.66. The van der Waals surface area contributed by atoms with Crippen LogP contribution in [0.5, 0.6) is 0 Å². The molecule has 1 aliphatic rings.